The van der Waals surface area contributed by atoms with Gasteiger partial charge in [0.05, 0.1) is 13.2 Å². The molecular formula is C16H23NO2. The van der Waals surface area contributed by atoms with Crippen LogP contribution in [0.25, 0.3) is 0 Å². The summed E-state index contributed by atoms with van der Waals surface area (Å²) in [7, 11) is 1.72. The SMILES string of the molecule is COc1ccc(C)cc1CC1(N)CCOC1C1CC1. The monoisotopic (exact) mass is 261 g/mol. The van der Waals surface area contributed by atoms with Gasteiger partial charge in [0.15, 0.2) is 0 Å². The Morgan fingerprint density at radius 1 is 1.42 bits per heavy atom. The van der Waals surface area contributed by atoms with Crippen molar-refractivity contribution < 1.29 is 9.47 Å². The second-order valence-electron chi connectivity index (χ2n) is 6.10. The third kappa shape index (κ3) is 2.49. The van der Waals surface area contributed by atoms with Crippen LogP contribution in [0.1, 0.15) is 30.4 Å². The van der Waals surface area contributed by atoms with Crippen LogP contribution >= 0.6 is 0 Å². The van der Waals surface area contributed by atoms with E-state index in [0.29, 0.717) is 5.92 Å². The highest BCUT2D eigenvalue weighted by Crippen LogP contribution is 2.44. The lowest BCUT2D eigenvalue weighted by molar-refractivity contribution is 0.0625. The summed E-state index contributed by atoms with van der Waals surface area (Å²) in [6.45, 7) is 2.90. The molecule has 1 saturated heterocycles. The molecule has 1 aliphatic heterocycles. The fourth-order valence-electron chi connectivity index (χ4n) is 3.28. The van der Waals surface area contributed by atoms with E-state index in [1.807, 2.05) is 6.07 Å². The predicted molar refractivity (Wildman–Crippen MR) is 75.4 cm³/mol. The fraction of sp³-hybridized carbons (Fsp3) is 0.625. The Labute approximate surface area is 115 Å². The van der Waals surface area contributed by atoms with Crippen molar-refractivity contribution in [2.75, 3.05) is 13.7 Å². The maximum atomic E-state index is 6.67. The topological polar surface area (TPSA) is 44.5 Å². The van der Waals surface area contributed by atoms with Crippen LogP contribution in [0.15, 0.2) is 18.2 Å². The number of hydrogen-bond acceptors (Lipinski definition) is 3. The second-order valence-corrected chi connectivity index (χ2v) is 6.10. The zero-order valence-corrected chi connectivity index (χ0v) is 11.8. The van der Waals surface area contributed by atoms with E-state index in [-0.39, 0.29) is 11.6 Å². The predicted octanol–water partition coefficient (Wildman–Crippen LogP) is 2.44. The van der Waals surface area contributed by atoms with Crippen molar-refractivity contribution >= 4 is 0 Å². The molecule has 2 N–H and O–H groups in total. The number of benzene rings is 1. The van der Waals surface area contributed by atoms with Crippen LogP contribution in [0.2, 0.25) is 0 Å². The van der Waals surface area contributed by atoms with E-state index in [4.69, 9.17) is 15.2 Å². The van der Waals surface area contributed by atoms with Crippen molar-refractivity contribution in [3.8, 4) is 5.75 Å². The van der Waals surface area contributed by atoms with E-state index in [9.17, 15) is 0 Å². The fourth-order valence-corrected chi connectivity index (χ4v) is 3.28. The van der Waals surface area contributed by atoms with Gasteiger partial charge in [0.1, 0.15) is 5.75 Å². The molecule has 0 spiro atoms. The Morgan fingerprint density at radius 3 is 2.89 bits per heavy atom. The summed E-state index contributed by atoms with van der Waals surface area (Å²) in [6.07, 6.45) is 4.57. The Hall–Kier alpha value is -1.06. The number of hydrogen-bond donors (Lipinski definition) is 1. The lowest BCUT2D eigenvalue weighted by atomic mass is 9.83. The van der Waals surface area contributed by atoms with Crippen LogP contribution in [0.3, 0.4) is 0 Å². The zero-order valence-electron chi connectivity index (χ0n) is 11.8. The van der Waals surface area contributed by atoms with Crippen LogP contribution < -0.4 is 10.5 Å². The van der Waals surface area contributed by atoms with Crippen LogP contribution in [0, 0.1) is 12.8 Å². The molecule has 1 aromatic rings. The Bertz CT molecular complexity index is 470. The average Bonchev–Trinajstić information content (AvgIpc) is 3.14. The van der Waals surface area contributed by atoms with E-state index in [1.165, 1.54) is 24.0 Å². The Balaban J connectivity index is 1.85. The van der Waals surface area contributed by atoms with Gasteiger partial charge in [-0.05, 0) is 50.2 Å². The van der Waals surface area contributed by atoms with Crippen LogP contribution in [-0.2, 0) is 11.2 Å². The summed E-state index contributed by atoms with van der Waals surface area (Å²) >= 11 is 0. The summed E-state index contributed by atoms with van der Waals surface area (Å²) in [5.74, 6) is 1.63. The highest BCUT2D eigenvalue weighted by Gasteiger charge is 2.48. The molecule has 0 amide bonds. The maximum absolute atomic E-state index is 6.67. The van der Waals surface area contributed by atoms with Crippen molar-refractivity contribution in [1.82, 2.24) is 0 Å². The summed E-state index contributed by atoms with van der Waals surface area (Å²) in [4.78, 5) is 0. The first-order valence-electron chi connectivity index (χ1n) is 7.16. The summed E-state index contributed by atoms with van der Waals surface area (Å²) < 4.78 is 11.4. The molecule has 0 radical (unpaired) electrons. The Morgan fingerprint density at radius 2 is 2.21 bits per heavy atom. The maximum Gasteiger partial charge on any atom is 0.122 e. The molecule has 2 atom stereocenters. The zero-order chi connectivity index (χ0) is 13.5. The van der Waals surface area contributed by atoms with Crippen molar-refractivity contribution in [2.45, 2.75) is 44.2 Å². The molecule has 1 aliphatic carbocycles. The first-order chi connectivity index (χ1) is 9.12. The molecule has 1 heterocycles. The van der Waals surface area contributed by atoms with Crippen LogP contribution in [-0.4, -0.2) is 25.4 Å². The summed E-state index contributed by atoms with van der Waals surface area (Å²) in [5, 5.41) is 0. The smallest absolute Gasteiger partial charge is 0.122 e. The number of nitrogens with two attached hydrogens (primary N) is 1. The van der Waals surface area contributed by atoms with Gasteiger partial charge < -0.3 is 15.2 Å². The van der Waals surface area contributed by atoms with Gasteiger partial charge in [0.25, 0.3) is 0 Å². The number of aryl methyl sites for hydroxylation is 1. The van der Waals surface area contributed by atoms with Gasteiger partial charge in [-0.1, -0.05) is 17.7 Å². The molecular weight excluding hydrogens is 238 g/mol. The molecule has 104 valence electrons. The average molecular weight is 261 g/mol. The minimum absolute atomic E-state index is 0.220. The molecule has 2 aliphatic rings. The van der Waals surface area contributed by atoms with E-state index in [2.05, 4.69) is 19.1 Å². The molecule has 0 bridgehead atoms. The summed E-state index contributed by atoms with van der Waals surface area (Å²) in [5.41, 5.74) is 8.91. The van der Waals surface area contributed by atoms with Crippen LogP contribution in [0.5, 0.6) is 5.75 Å². The highest BCUT2D eigenvalue weighted by atomic mass is 16.5. The molecule has 19 heavy (non-hydrogen) atoms. The van der Waals surface area contributed by atoms with Gasteiger partial charge in [0.2, 0.25) is 0 Å². The minimum atomic E-state index is -0.220. The van der Waals surface area contributed by atoms with E-state index >= 15 is 0 Å². The summed E-state index contributed by atoms with van der Waals surface area (Å²) in [6, 6.07) is 6.31. The quantitative estimate of drug-likeness (QED) is 0.905. The Kier molecular flexibility index (Phi) is 3.27. The van der Waals surface area contributed by atoms with Gasteiger partial charge in [-0.25, -0.2) is 0 Å². The molecule has 2 unspecified atom stereocenters. The normalized spacial score (nSPS) is 30.6. The van der Waals surface area contributed by atoms with E-state index in [0.717, 1.165) is 25.2 Å². The van der Waals surface area contributed by atoms with E-state index in [1.54, 1.807) is 7.11 Å². The third-order valence-corrected chi connectivity index (χ3v) is 4.44. The largest absolute Gasteiger partial charge is 0.496 e. The van der Waals surface area contributed by atoms with Crippen molar-refractivity contribution in [1.29, 1.82) is 0 Å². The van der Waals surface area contributed by atoms with Crippen LogP contribution in [0.4, 0.5) is 0 Å². The molecule has 3 nitrogen and oxygen atoms in total. The lowest BCUT2D eigenvalue weighted by Gasteiger charge is -2.30. The number of methoxy groups -OCH3 is 1. The molecule has 0 aromatic heterocycles. The van der Waals surface area contributed by atoms with E-state index < -0.39 is 0 Å². The van der Waals surface area contributed by atoms with Gasteiger partial charge in [-0.2, -0.15) is 0 Å². The number of rotatable bonds is 4. The molecule has 2 fully saturated rings. The van der Waals surface area contributed by atoms with Gasteiger partial charge >= 0.3 is 0 Å². The highest BCUT2D eigenvalue weighted by molar-refractivity contribution is 5.38. The molecule has 3 rings (SSSR count). The van der Waals surface area contributed by atoms with Gasteiger partial charge in [-0.3, -0.25) is 0 Å². The van der Waals surface area contributed by atoms with Crippen molar-refractivity contribution in [3.63, 3.8) is 0 Å². The standard InChI is InChI=1S/C16H23NO2/c1-11-3-6-14(18-2)13(9-11)10-16(17)7-8-19-15(16)12-4-5-12/h3,6,9,12,15H,4-5,7-8,10,17H2,1-2H3. The molecule has 1 aromatic carbocycles. The first-order valence-corrected chi connectivity index (χ1v) is 7.16. The first kappa shape index (κ1) is 12.9. The third-order valence-electron chi connectivity index (χ3n) is 4.44. The molecule has 3 heteroatoms. The number of ether oxygens (including phenoxy) is 2. The van der Waals surface area contributed by atoms with Crippen molar-refractivity contribution in [3.05, 3.63) is 29.3 Å². The van der Waals surface area contributed by atoms with Gasteiger partial charge in [-0.15, -0.1) is 0 Å². The minimum Gasteiger partial charge on any atom is -0.496 e. The molecule has 1 saturated carbocycles. The van der Waals surface area contributed by atoms with Crippen molar-refractivity contribution in [2.24, 2.45) is 11.7 Å². The van der Waals surface area contributed by atoms with Gasteiger partial charge in [0, 0.05) is 12.1 Å². The lowest BCUT2D eigenvalue weighted by Crippen LogP contribution is -2.50. The second kappa shape index (κ2) is 4.80.